The van der Waals surface area contributed by atoms with E-state index in [1.807, 2.05) is 6.92 Å². The Hall–Kier alpha value is -1.19. The van der Waals surface area contributed by atoms with Gasteiger partial charge in [0.15, 0.2) is 0 Å². The maximum atomic E-state index is 12.1. The third-order valence-corrected chi connectivity index (χ3v) is 4.39. The van der Waals surface area contributed by atoms with Crippen molar-refractivity contribution in [3.63, 3.8) is 0 Å². The Balaban J connectivity index is 2.16. The monoisotopic (exact) mass is 333 g/mol. The Morgan fingerprint density at radius 1 is 1.52 bits per heavy atom. The molecule has 116 valence electrons. The predicted octanol–water partition coefficient (Wildman–Crippen LogP) is 0.353. The van der Waals surface area contributed by atoms with E-state index in [-0.39, 0.29) is 21.6 Å². The maximum absolute atomic E-state index is 12.1. The van der Waals surface area contributed by atoms with E-state index < -0.39 is 15.9 Å². The van der Waals surface area contributed by atoms with Gasteiger partial charge in [-0.3, -0.25) is 10.2 Å². The van der Waals surface area contributed by atoms with Crippen LogP contribution >= 0.6 is 11.6 Å². The molecule has 1 fully saturated rings. The van der Waals surface area contributed by atoms with Crippen LogP contribution in [0.15, 0.2) is 23.1 Å². The molecule has 1 aliphatic rings. The van der Waals surface area contributed by atoms with Crippen molar-refractivity contribution in [3.05, 3.63) is 28.8 Å². The number of primary sulfonamides is 1. The Kier molecular flexibility index (Phi) is 4.84. The summed E-state index contributed by atoms with van der Waals surface area (Å²) in [4.78, 5) is 11.9. The van der Waals surface area contributed by atoms with Crippen LogP contribution in [0.2, 0.25) is 5.02 Å². The van der Waals surface area contributed by atoms with Crippen molar-refractivity contribution >= 4 is 27.5 Å². The molecule has 0 saturated carbocycles. The van der Waals surface area contributed by atoms with Crippen molar-refractivity contribution in [2.75, 3.05) is 19.7 Å². The molecule has 1 amide bonds. The van der Waals surface area contributed by atoms with E-state index in [1.165, 1.54) is 12.1 Å². The molecular formula is C12H16ClN3O4S. The van der Waals surface area contributed by atoms with Gasteiger partial charge in [0.25, 0.3) is 5.91 Å². The number of carbonyl (C=O) groups excluding carboxylic acids is 1. The highest BCUT2D eigenvalue weighted by Gasteiger charge is 2.20. The first-order valence-corrected chi connectivity index (χ1v) is 8.19. The first kappa shape index (κ1) is 16.2. The summed E-state index contributed by atoms with van der Waals surface area (Å²) in [7, 11) is -3.98. The molecule has 0 aliphatic carbocycles. The Morgan fingerprint density at radius 2 is 2.24 bits per heavy atom. The van der Waals surface area contributed by atoms with Crippen LogP contribution in [0.5, 0.6) is 0 Å². The van der Waals surface area contributed by atoms with Gasteiger partial charge < -0.3 is 4.74 Å². The molecule has 0 bridgehead atoms. The molecule has 21 heavy (non-hydrogen) atoms. The van der Waals surface area contributed by atoms with E-state index in [4.69, 9.17) is 21.5 Å². The number of sulfonamides is 1. The molecule has 0 aromatic heterocycles. The predicted molar refractivity (Wildman–Crippen MR) is 77.3 cm³/mol. The lowest BCUT2D eigenvalue weighted by molar-refractivity contribution is -0.0342. The molecule has 0 radical (unpaired) electrons. The second-order valence-corrected chi connectivity index (χ2v) is 6.70. The number of ether oxygens (including phenoxy) is 1. The SMILES string of the molecule is CC1CN(NC(=O)c2ccc(Cl)c(S(N)(=O)=O)c2)CCO1. The van der Waals surface area contributed by atoms with E-state index >= 15 is 0 Å². The lowest BCUT2D eigenvalue weighted by Gasteiger charge is -2.31. The number of hydrazine groups is 1. The molecule has 1 saturated heterocycles. The zero-order valence-electron chi connectivity index (χ0n) is 11.4. The number of nitrogens with zero attached hydrogens (tertiary/aromatic N) is 1. The quantitative estimate of drug-likeness (QED) is 0.831. The van der Waals surface area contributed by atoms with Crippen LogP contribution in [-0.4, -0.2) is 45.1 Å². The highest BCUT2D eigenvalue weighted by molar-refractivity contribution is 7.89. The molecule has 2 rings (SSSR count). The van der Waals surface area contributed by atoms with Crippen LogP contribution in [0, 0.1) is 0 Å². The van der Waals surface area contributed by atoms with E-state index in [9.17, 15) is 13.2 Å². The Labute approximate surface area is 128 Å². The highest BCUT2D eigenvalue weighted by Crippen LogP contribution is 2.21. The highest BCUT2D eigenvalue weighted by atomic mass is 35.5. The van der Waals surface area contributed by atoms with Gasteiger partial charge in [-0.2, -0.15) is 0 Å². The fourth-order valence-corrected chi connectivity index (χ4v) is 3.06. The molecule has 0 spiro atoms. The Morgan fingerprint density at radius 3 is 2.86 bits per heavy atom. The largest absolute Gasteiger partial charge is 0.376 e. The summed E-state index contributed by atoms with van der Waals surface area (Å²) in [5, 5.41) is 6.76. The average Bonchev–Trinajstić information content (AvgIpc) is 2.37. The molecule has 1 unspecified atom stereocenters. The summed E-state index contributed by atoms with van der Waals surface area (Å²) < 4.78 is 28.2. The lowest BCUT2D eigenvalue weighted by atomic mass is 10.2. The van der Waals surface area contributed by atoms with Gasteiger partial charge in [0.1, 0.15) is 4.90 Å². The number of hydrogen-bond donors (Lipinski definition) is 2. The number of halogens is 1. The van der Waals surface area contributed by atoms with Crippen molar-refractivity contribution in [2.45, 2.75) is 17.9 Å². The maximum Gasteiger partial charge on any atom is 0.265 e. The van der Waals surface area contributed by atoms with Gasteiger partial charge in [0.05, 0.1) is 17.7 Å². The number of nitrogens with one attached hydrogen (secondary N) is 1. The lowest BCUT2D eigenvalue weighted by Crippen LogP contribution is -2.50. The van der Waals surface area contributed by atoms with Crippen molar-refractivity contribution in [2.24, 2.45) is 5.14 Å². The van der Waals surface area contributed by atoms with E-state index in [0.717, 1.165) is 6.07 Å². The van der Waals surface area contributed by atoms with Gasteiger partial charge in [-0.25, -0.2) is 18.6 Å². The zero-order valence-corrected chi connectivity index (χ0v) is 12.9. The van der Waals surface area contributed by atoms with Crippen molar-refractivity contribution in [1.82, 2.24) is 10.4 Å². The van der Waals surface area contributed by atoms with Crippen LogP contribution in [0.3, 0.4) is 0 Å². The van der Waals surface area contributed by atoms with Crippen molar-refractivity contribution < 1.29 is 17.9 Å². The number of morpholine rings is 1. The van der Waals surface area contributed by atoms with Crippen LogP contribution in [0.4, 0.5) is 0 Å². The average molecular weight is 334 g/mol. The number of carbonyl (C=O) groups is 1. The number of amides is 1. The Bertz CT molecular complexity index is 650. The third-order valence-electron chi connectivity index (χ3n) is 3.00. The standard InChI is InChI=1S/C12H16ClN3O4S/c1-8-7-16(4-5-20-8)15-12(17)9-2-3-10(13)11(6-9)21(14,18)19/h2-3,6,8H,4-5,7H2,1H3,(H,15,17)(H2,14,18,19). The van der Waals surface area contributed by atoms with Crippen LogP contribution < -0.4 is 10.6 Å². The molecule has 7 nitrogen and oxygen atoms in total. The first-order chi connectivity index (χ1) is 9.77. The van der Waals surface area contributed by atoms with E-state index in [2.05, 4.69) is 5.43 Å². The molecule has 1 aliphatic heterocycles. The molecule has 9 heteroatoms. The van der Waals surface area contributed by atoms with Gasteiger partial charge in [-0.05, 0) is 25.1 Å². The normalized spacial score (nSPS) is 20.2. The number of benzene rings is 1. The summed E-state index contributed by atoms with van der Waals surface area (Å²) in [5.41, 5.74) is 2.87. The molecule has 1 heterocycles. The van der Waals surface area contributed by atoms with Crippen LogP contribution in [0.1, 0.15) is 17.3 Å². The minimum atomic E-state index is -3.98. The number of rotatable bonds is 3. The van der Waals surface area contributed by atoms with Crippen molar-refractivity contribution in [1.29, 1.82) is 0 Å². The number of nitrogens with two attached hydrogens (primary N) is 1. The summed E-state index contributed by atoms with van der Waals surface area (Å²) in [5.74, 6) is -0.425. The van der Waals surface area contributed by atoms with Gasteiger partial charge in [0, 0.05) is 18.7 Å². The molecular weight excluding hydrogens is 318 g/mol. The first-order valence-electron chi connectivity index (χ1n) is 6.27. The van der Waals surface area contributed by atoms with Crippen LogP contribution in [-0.2, 0) is 14.8 Å². The van der Waals surface area contributed by atoms with Gasteiger partial charge in [0.2, 0.25) is 10.0 Å². The van der Waals surface area contributed by atoms with Crippen molar-refractivity contribution in [3.8, 4) is 0 Å². The summed E-state index contributed by atoms with van der Waals surface area (Å²) in [6.45, 7) is 3.54. The van der Waals surface area contributed by atoms with Gasteiger partial charge in [-0.1, -0.05) is 11.6 Å². The number of hydrogen-bond acceptors (Lipinski definition) is 5. The van der Waals surface area contributed by atoms with E-state index in [0.29, 0.717) is 19.7 Å². The minimum Gasteiger partial charge on any atom is -0.376 e. The zero-order chi connectivity index (χ0) is 15.6. The van der Waals surface area contributed by atoms with Gasteiger partial charge in [-0.15, -0.1) is 0 Å². The van der Waals surface area contributed by atoms with Crippen LogP contribution in [0.25, 0.3) is 0 Å². The molecule has 1 aromatic rings. The topological polar surface area (TPSA) is 102 Å². The molecule has 1 atom stereocenters. The second kappa shape index (κ2) is 6.29. The fraction of sp³-hybridized carbons (Fsp3) is 0.417. The third kappa shape index (κ3) is 4.14. The summed E-state index contributed by atoms with van der Waals surface area (Å²) in [6.07, 6.45) is 0.0178. The molecule has 1 aromatic carbocycles. The fourth-order valence-electron chi connectivity index (χ4n) is 1.99. The smallest absolute Gasteiger partial charge is 0.265 e. The minimum absolute atomic E-state index is 0.0178. The van der Waals surface area contributed by atoms with E-state index in [1.54, 1.807) is 5.01 Å². The molecule has 3 N–H and O–H groups in total. The summed E-state index contributed by atoms with van der Waals surface area (Å²) >= 11 is 5.78. The van der Waals surface area contributed by atoms with Gasteiger partial charge >= 0.3 is 0 Å². The summed E-state index contributed by atoms with van der Waals surface area (Å²) in [6, 6.07) is 3.94. The second-order valence-electron chi connectivity index (χ2n) is 4.76.